The van der Waals surface area contributed by atoms with Gasteiger partial charge in [0.25, 0.3) is 0 Å². The first kappa shape index (κ1) is 18.6. The van der Waals surface area contributed by atoms with E-state index in [1.807, 2.05) is 0 Å². The van der Waals surface area contributed by atoms with Gasteiger partial charge in [-0.1, -0.05) is 11.6 Å². The molecule has 2 nitrogen and oxygen atoms in total. The summed E-state index contributed by atoms with van der Waals surface area (Å²) in [5, 5.41) is 0.330. The monoisotopic (exact) mass is 360 g/mol. The van der Waals surface area contributed by atoms with Crippen molar-refractivity contribution < 1.29 is 26.3 Å². The Balaban J connectivity index is 0.000000220. The summed E-state index contributed by atoms with van der Waals surface area (Å²) in [5.41, 5.74) is -1.54. The van der Waals surface area contributed by atoms with Crippen LogP contribution in [0.1, 0.15) is 11.1 Å². The number of hydrogen-bond donors (Lipinski definition) is 1. The Morgan fingerprint density at radius 3 is 1.55 bits per heavy atom. The molecule has 22 heavy (non-hydrogen) atoms. The lowest BCUT2D eigenvalue weighted by atomic mass is 10.3. The maximum Gasteiger partial charge on any atom is 0.417 e. The Morgan fingerprint density at radius 2 is 1.23 bits per heavy atom. The molecule has 0 aliphatic carbocycles. The molecule has 120 valence electrons. The Hall–Kier alpha value is -1.48. The average Bonchev–Trinajstić information content (AvgIpc) is 2.38. The Kier molecular flexibility index (Phi) is 6.07. The molecule has 0 amide bonds. The van der Waals surface area contributed by atoms with Crippen molar-refractivity contribution in [1.82, 2.24) is 9.97 Å². The zero-order valence-corrected chi connectivity index (χ0v) is 12.1. The van der Waals surface area contributed by atoms with Crippen molar-refractivity contribution in [1.29, 1.82) is 0 Å². The summed E-state index contributed by atoms with van der Waals surface area (Å²) >= 11 is 9.03. The van der Waals surface area contributed by atoms with E-state index in [0.29, 0.717) is 6.20 Å². The van der Waals surface area contributed by atoms with E-state index in [1.54, 1.807) is 0 Å². The summed E-state index contributed by atoms with van der Waals surface area (Å²) in [6.45, 7) is 0. The minimum atomic E-state index is -4.34. The van der Waals surface area contributed by atoms with Crippen molar-refractivity contribution in [2.45, 2.75) is 17.4 Å². The normalized spacial score (nSPS) is 11.6. The quantitative estimate of drug-likeness (QED) is 0.400. The smallest absolute Gasteiger partial charge is 0.250 e. The summed E-state index contributed by atoms with van der Waals surface area (Å²) in [7, 11) is 0. The highest BCUT2D eigenvalue weighted by Gasteiger charge is 2.31. The number of alkyl halides is 6. The standard InChI is InChI=1S/C6H3ClF3N.C6H4F3NS/c7-5-2-1-4(3-11-5)6(8,9)10;7-6(8,9)4-1-2-5(11)10-3-4/h1-3H;1-3H,(H,10,11). The van der Waals surface area contributed by atoms with Gasteiger partial charge in [0.15, 0.2) is 0 Å². The van der Waals surface area contributed by atoms with Gasteiger partial charge in [-0.15, -0.1) is 12.6 Å². The van der Waals surface area contributed by atoms with Crippen LogP contribution in [0.25, 0.3) is 0 Å². The highest BCUT2D eigenvalue weighted by Crippen LogP contribution is 2.29. The fraction of sp³-hybridized carbons (Fsp3) is 0.167. The van der Waals surface area contributed by atoms with Crippen LogP contribution in [0.4, 0.5) is 26.3 Å². The van der Waals surface area contributed by atoms with E-state index < -0.39 is 23.5 Å². The Morgan fingerprint density at radius 1 is 0.773 bits per heavy atom. The van der Waals surface area contributed by atoms with Gasteiger partial charge in [0.1, 0.15) is 5.15 Å². The second kappa shape index (κ2) is 7.19. The van der Waals surface area contributed by atoms with Crippen molar-refractivity contribution in [2.24, 2.45) is 0 Å². The van der Waals surface area contributed by atoms with E-state index in [9.17, 15) is 26.3 Å². The molecule has 2 aromatic heterocycles. The lowest BCUT2D eigenvalue weighted by molar-refractivity contribution is -0.138. The predicted octanol–water partition coefficient (Wildman–Crippen LogP) is 5.14. The van der Waals surface area contributed by atoms with Gasteiger partial charge >= 0.3 is 12.4 Å². The van der Waals surface area contributed by atoms with Gasteiger partial charge in [-0.3, -0.25) is 0 Å². The van der Waals surface area contributed by atoms with Gasteiger partial charge in [0.2, 0.25) is 0 Å². The molecule has 0 saturated heterocycles. The van der Waals surface area contributed by atoms with Crippen LogP contribution >= 0.6 is 24.2 Å². The van der Waals surface area contributed by atoms with Gasteiger partial charge in [0.05, 0.1) is 16.2 Å². The van der Waals surface area contributed by atoms with Crippen molar-refractivity contribution in [3.63, 3.8) is 0 Å². The van der Waals surface area contributed by atoms with E-state index in [0.717, 1.165) is 24.4 Å². The SMILES string of the molecule is FC(F)(F)c1ccc(Cl)nc1.FC(F)(F)c1ccc(S)nc1. The van der Waals surface area contributed by atoms with E-state index >= 15 is 0 Å². The minimum absolute atomic E-state index is 0.0537. The van der Waals surface area contributed by atoms with Gasteiger partial charge in [0, 0.05) is 12.4 Å². The third-order valence-electron chi connectivity index (χ3n) is 2.13. The Labute approximate surface area is 131 Å². The van der Waals surface area contributed by atoms with Crippen LogP contribution in [-0.2, 0) is 12.4 Å². The van der Waals surface area contributed by atoms with E-state index in [2.05, 4.69) is 22.6 Å². The summed E-state index contributed by atoms with van der Waals surface area (Å²) in [5.74, 6) is 0. The first-order valence-corrected chi connectivity index (χ1v) is 6.23. The minimum Gasteiger partial charge on any atom is -0.250 e. The second-order valence-electron chi connectivity index (χ2n) is 3.77. The van der Waals surface area contributed by atoms with Crippen LogP contribution < -0.4 is 0 Å². The topological polar surface area (TPSA) is 25.8 Å². The van der Waals surface area contributed by atoms with Gasteiger partial charge in [-0.2, -0.15) is 26.3 Å². The highest BCUT2D eigenvalue weighted by atomic mass is 35.5. The summed E-state index contributed by atoms with van der Waals surface area (Å²) in [4.78, 5) is 6.68. The molecule has 2 rings (SSSR count). The van der Waals surface area contributed by atoms with Crippen LogP contribution in [0, 0.1) is 0 Å². The Bertz CT molecular complexity index is 539. The number of nitrogens with zero attached hydrogens (tertiary/aromatic N) is 2. The van der Waals surface area contributed by atoms with Gasteiger partial charge < -0.3 is 0 Å². The molecule has 0 bridgehead atoms. The fourth-order valence-electron chi connectivity index (χ4n) is 1.10. The molecule has 0 unspecified atom stereocenters. The number of hydrogen-bond acceptors (Lipinski definition) is 3. The molecule has 10 heteroatoms. The number of rotatable bonds is 0. The lowest BCUT2D eigenvalue weighted by Crippen LogP contribution is -2.04. The zero-order valence-electron chi connectivity index (χ0n) is 10.5. The molecule has 0 saturated carbocycles. The molecular weight excluding hydrogens is 354 g/mol. The first-order valence-electron chi connectivity index (χ1n) is 5.41. The predicted molar refractivity (Wildman–Crippen MR) is 70.7 cm³/mol. The van der Waals surface area contributed by atoms with Crippen LogP contribution in [0.2, 0.25) is 5.15 Å². The van der Waals surface area contributed by atoms with Crippen LogP contribution in [-0.4, -0.2) is 9.97 Å². The van der Waals surface area contributed by atoms with E-state index in [4.69, 9.17) is 11.6 Å². The molecule has 0 N–H and O–H groups in total. The average molecular weight is 361 g/mol. The van der Waals surface area contributed by atoms with Crippen LogP contribution in [0.3, 0.4) is 0 Å². The number of aromatic nitrogens is 2. The summed E-state index contributed by atoms with van der Waals surface area (Å²) < 4.78 is 71.1. The number of halogens is 7. The van der Waals surface area contributed by atoms with Gasteiger partial charge in [-0.25, -0.2) is 9.97 Å². The third kappa shape index (κ3) is 6.10. The molecule has 0 radical (unpaired) electrons. The lowest BCUT2D eigenvalue weighted by Gasteiger charge is -2.04. The molecule has 0 fully saturated rings. The molecule has 0 aliphatic heterocycles. The van der Waals surface area contributed by atoms with Gasteiger partial charge in [-0.05, 0) is 24.3 Å². The molecule has 0 spiro atoms. The first-order chi connectivity index (χ1) is 10.00. The molecule has 0 aliphatic rings. The van der Waals surface area contributed by atoms with Crippen LogP contribution in [0.5, 0.6) is 0 Å². The summed E-state index contributed by atoms with van der Waals surface area (Å²) in [6, 6.07) is 4.13. The molecule has 2 aromatic rings. The fourth-order valence-corrected chi connectivity index (χ4v) is 1.34. The van der Waals surface area contributed by atoms with Crippen molar-refractivity contribution in [3.8, 4) is 0 Å². The highest BCUT2D eigenvalue weighted by molar-refractivity contribution is 7.80. The second-order valence-corrected chi connectivity index (χ2v) is 4.62. The number of thiol groups is 1. The maximum atomic E-state index is 11.9. The molecular formula is C12H7ClF6N2S. The molecule has 0 atom stereocenters. The number of pyridine rings is 2. The summed E-state index contributed by atoms with van der Waals surface area (Å²) in [6.07, 6.45) is -7.20. The van der Waals surface area contributed by atoms with Crippen molar-refractivity contribution in [3.05, 3.63) is 52.9 Å². The van der Waals surface area contributed by atoms with E-state index in [-0.39, 0.29) is 10.2 Å². The molecule has 0 aromatic carbocycles. The molecule has 2 heterocycles. The zero-order chi connectivity index (χ0) is 17.0. The van der Waals surface area contributed by atoms with E-state index in [1.165, 1.54) is 6.07 Å². The third-order valence-corrected chi connectivity index (χ3v) is 2.62. The maximum absolute atomic E-state index is 11.9. The van der Waals surface area contributed by atoms with Crippen LogP contribution in [0.15, 0.2) is 41.7 Å². The van der Waals surface area contributed by atoms with Crippen molar-refractivity contribution >= 4 is 24.2 Å². The van der Waals surface area contributed by atoms with Crippen molar-refractivity contribution in [2.75, 3.05) is 0 Å². The largest absolute Gasteiger partial charge is 0.417 e.